The van der Waals surface area contributed by atoms with Crippen LogP contribution in [0.15, 0.2) is 54.6 Å². The summed E-state index contributed by atoms with van der Waals surface area (Å²) in [4.78, 5) is 0. The molecule has 6 heteroatoms. The van der Waals surface area contributed by atoms with Gasteiger partial charge in [-0.3, -0.25) is 0 Å². The Bertz CT molecular complexity index is 263. The van der Waals surface area contributed by atoms with Crippen LogP contribution in [-0.4, -0.2) is 0 Å². The molecule has 0 aliphatic carbocycles. The second kappa shape index (κ2) is 16.2. The molecule has 0 N–H and O–H groups in total. The first-order chi connectivity index (χ1) is 7.13. The van der Waals surface area contributed by atoms with Gasteiger partial charge in [-0.15, -0.1) is 0 Å². The first-order valence-corrected chi connectivity index (χ1v) is 3.54. The number of allylic oxidation sites excluding steroid dienone is 2. The van der Waals surface area contributed by atoms with E-state index in [1.54, 1.807) is 0 Å². The Hall–Kier alpha value is -1.19. The normalized spacial score (nSPS) is 6.62. The number of rotatable bonds is 1. The molecule has 0 aliphatic rings. The molecule has 0 amide bonds. The molecule has 0 fully saturated rings. The predicted octanol–water partition coefficient (Wildman–Crippen LogP) is 3.91. The fourth-order valence-electron chi connectivity index (χ4n) is 0.447. The molecule has 89 valence electrons. The first-order valence-electron chi connectivity index (χ1n) is 3.54. The molecule has 0 spiro atoms. The van der Waals surface area contributed by atoms with E-state index in [1.807, 2.05) is 30.3 Å². The molecule has 0 aromatic heterocycles. The quantitative estimate of drug-likeness (QED) is 0.243. The van der Waals surface area contributed by atoms with Gasteiger partial charge in [-0.05, 0) is 0 Å². The van der Waals surface area contributed by atoms with Crippen molar-refractivity contribution in [2.24, 2.45) is 0 Å². The molecule has 1 rings (SSSR count). The van der Waals surface area contributed by atoms with Crippen LogP contribution in [0.25, 0.3) is 0 Å². The Morgan fingerprint density at radius 1 is 0.938 bits per heavy atom. The van der Waals surface area contributed by atoms with Crippen LogP contribution in [0.5, 0.6) is 0 Å². The van der Waals surface area contributed by atoms with Crippen LogP contribution in [0, 0.1) is 6.65 Å². The van der Waals surface area contributed by atoms with Crippen molar-refractivity contribution < 1.29 is 39.3 Å². The van der Waals surface area contributed by atoms with E-state index in [4.69, 9.17) is 4.65 Å². The van der Waals surface area contributed by atoms with Gasteiger partial charge in [0, 0.05) is 29.2 Å². The molecule has 0 heterocycles. The van der Waals surface area contributed by atoms with Crippen LogP contribution in [0.2, 0.25) is 0 Å². The van der Waals surface area contributed by atoms with E-state index in [0.717, 1.165) is 0 Å². The van der Waals surface area contributed by atoms with Crippen molar-refractivity contribution in [1.82, 2.24) is 0 Å². The predicted molar refractivity (Wildman–Crippen MR) is 46.6 cm³/mol. The summed E-state index contributed by atoms with van der Waals surface area (Å²) in [6, 6.07) is 10.0. The molecule has 1 aromatic rings. The Morgan fingerprint density at radius 3 is 1.38 bits per heavy atom. The van der Waals surface area contributed by atoms with Gasteiger partial charge in [0.1, 0.15) is 0 Å². The van der Waals surface area contributed by atoms with Crippen molar-refractivity contribution >= 4 is 0 Å². The Balaban J connectivity index is -0.000000182. The van der Waals surface area contributed by atoms with Gasteiger partial charge in [0.2, 0.25) is 0 Å². The molecule has 0 saturated heterocycles. The van der Waals surface area contributed by atoms with Crippen LogP contribution in [-0.2, 0) is 21.7 Å². The maximum Gasteiger partial charge on any atom is 0 e. The Morgan fingerprint density at radius 2 is 1.25 bits per heavy atom. The molecular weight excluding hydrogens is 267 g/mol. The van der Waals surface area contributed by atoms with E-state index in [0.29, 0.717) is 0 Å². The summed E-state index contributed by atoms with van der Waals surface area (Å²) in [6.45, 7) is 4.50. The van der Waals surface area contributed by atoms with Gasteiger partial charge < -0.3 is 0 Å². The average molecular weight is 274 g/mol. The van der Waals surface area contributed by atoms with Gasteiger partial charge in [-0.1, -0.05) is 0 Å². The molecule has 0 unspecified atom stereocenters. The van der Waals surface area contributed by atoms with E-state index in [1.165, 1.54) is 0 Å². The van der Waals surface area contributed by atoms with E-state index < -0.39 is 12.2 Å². The minimum Gasteiger partial charge on any atom is -0.214 e. The monoisotopic (exact) mass is 274 g/mol. The topological polar surface area (TPSA) is 19.9 Å². The van der Waals surface area contributed by atoms with Gasteiger partial charge >= 0.3 is 11.3 Å². The Labute approximate surface area is 101 Å². The first kappa shape index (κ1) is 20.3. The maximum atomic E-state index is 10.9. The number of hydrogen-bond acceptors (Lipinski definition) is 0. The van der Waals surface area contributed by atoms with E-state index in [9.17, 15) is 17.6 Å². The number of halogens is 4. The van der Waals surface area contributed by atoms with Gasteiger partial charge in [0.05, 0.1) is 0 Å². The SMILES string of the molecule is FC(F)=CC=C(F)F.[C-]#[O+].[Mn].c1cc[cH-]c1. The van der Waals surface area contributed by atoms with Crippen molar-refractivity contribution in [3.05, 3.63) is 61.3 Å². The van der Waals surface area contributed by atoms with Crippen molar-refractivity contribution in [2.75, 3.05) is 0 Å². The molecule has 0 atom stereocenters. The molecule has 0 bridgehead atoms. The third kappa shape index (κ3) is 23.0. The second-order valence-electron chi connectivity index (χ2n) is 1.87. The second-order valence-corrected chi connectivity index (χ2v) is 1.87. The van der Waals surface area contributed by atoms with Crippen LogP contribution in [0.1, 0.15) is 0 Å². The summed E-state index contributed by atoms with van der Waals surface area (Å²) in [5.41, 5.74) is 0. The summed E-state index contributed by atoms with van der Waals surface area (Å²) in [5.74, 6) is 0. The maximum absolute atomic E-state index is 10.9. The van der Waals surface area contributed by atoms with Crippen LogP contribution >= 0.6 is 0 Å². The van der Waals surface area contributed by atoms with Crippen LogP contribution < -0.4 is 0 Å². The fraction of sp³-hybridized carbons (Fsp3) is 0. The Kier molecular flexibility index (Phi) is 20.6. The molecular formula is C10H7F4MnO-. The van der Waals surface area contributed by atoms with Crippen molar-refractivity contribution in [2.45, 2.75) is 0 Å². The average Bonchev–Trinajstić information content (AvgIpc) is 2.76. The fourth-order valence-corrected chi connectivity index (χ4v) is 0.447. The van der Waals surface area contributed by atoms with Gasteiger partial charge in [0.15, 0.2) is 0 Å². The summed E-state index contributed by atoms with van der Waals surface area (Å²) in [6.07, 6.45) is -4.18. The van der Waals surface area contributed by atoms with E-state index in [-0.39, 0.29) is 29.2 Å². The largest absolute Gasteiger partial charge is 0.214 e. The van der Waals surface area contributed by atoms with E-state index in [2.05, 4.69) is 6.65 Å². The van der Waals surface area contributed by atoms with Gasteiger partial charge in [-0.25, -0.2) is 12.1 Å². The number of hydrogen-bond donors (Lipinski definition) is 0. The van der Waals surface area contributed by atoms with Gasteiger partial charge in [-0.2, -0.15) is 35.8 Å². The summed E-state index contributed by atoms with van der Waals surface area (Å²) < 4.78 is 51.0. The van der Waals surface area contributed by atoms with Crippen molar-refractivity contribution in [1.29, 1.82) is 0 Å². The van der Waals surface area contributed by atoms with Crippen LogP contribution in [0.4, 0.5) is 17.6 Å². The third-order valence-electron chi connectivity index (χ3n) is 0.891. The molecule has 1 radical (unpaired) electrons. The van der Waals surface area contributed by atoms with Crippen LogP contribution in [0.3, 0.4) is 0 Å². The summed E-state index contributed by atoms with van der Waals surface area (Å²) >= 11 is 0. The third-order valence-corrected chi connectivity index (χ3v) is 0.891. The zero-order valence-electron chi connectivity index (χ0n) is 7.84. The van der Waals surface area contributed by atoms with Gasteiger partial charge in [0.25, 0.3) is 12.2 Å². The standard InChI is InChI=1S/C5H5.C4H2F4.CO.Mn/c1-2-4-5-3-1;5-3(6)1-2-4(7)8;1-2;/h1-5H;1-2H;;/q-1;;;. The molecule has 1 nitrogen and oxygen atoms in total. The van der Waals surface area contributed by atoms with Crippen molar-refractivity contribution in [3.63, 3.8) is 0 Å². The molecule has 16 heavy (non-hydrogen) atoms. The summed E-state index contributed by atoms with van der Waals surface area (Å²) in [7, 11) is 0. The van der Waals surface area contributed by atoms with E-state index >= 15 is 0 Å². The minimum absolute atomic E-state index is 0. The summed E-state index contributed by atoms with van der Waals surface area (Å²) in [5, 5.41) is 0. The zero-order valence-corrected chi connectivity index (χ0v) is 9.02. The molecule has 0 aliphatic heterocycles. The van der Waals surface area contributed by atoms with Crippen molar-refractivity contribution in [3.8, 4) is 0 Å². The minimum atomic E-state index is -2.13. The smallest absolute Gasteiger partial charge is 0 e. The molecule has 0 saturated carbocycles. The molecule has 1 aromatic carbocycles. The zero-order chi connectivity index (χ0) is 12.1.